The molecule has 21 heavy (non-hydrogen) atoms. The first-order valence-electron chi connectivity index (χ1n) is 6.11. The Hall–Kier alpha value is -2.72. The molecule has 3 rings (SSSR count). The summed E-state index contributed by atoms with van der Waals surface area (Å²) in [7, 11) is 1.88. The first kappa shape index (κ1) is 13.3. The molecule has 0 aliphatic heterocycles. The number of rotatable bonds is 3. The topological polar surface area (TPSA) is 85.2 Å². The van der Waals surface area contributed by atoms with Crippen LogP contribution in [0, 0.1) is 11.3 Å². The summed E-state index contributed by atoms with van der Waals surface area (Å²) in [5.41, 5.74) is 0.928. The Kier molecular flexibility index (Phi) is 3.38. The van der Waals surface area contributed by atoms with Crippen molar-refractivity contribution in [1.29, 1.82) is 5.26 Å². The minimum absolute atomic E-state index is 0.134. The van der Waals surface area contributed by atoms with Crippen molar-refractivity contribution in [2.24, 2.45) is 7.05 Å². The fraction of sp³-hybridized carbons (Fsp3) is 0.154. The number of nitriles is 1. The molecular weight excluding hydrogens is 290 g/mol. The third-order valence-electron chi connectivity index (χ3n) is 3.01. The van der Waals surface area contributed by atoms with E-state index in [0.717, 1.165) is 11.4 Å². The quantitative estimate of drug-likeness (QED) is 0.734. The van der Waals surface area contributed by atoms with Gasteiger partial charge in [-0.3, -0.25) is 0 Å². The Morgan fingerprint density at radius 1 is 1.24 bits per heavy atom. The van der Waals surface area contributed by atoms with Crippen LogP contribution in [0.15, 0.2) is 30.6 Å². The highest BCUT2D eigenvalue weighted by Crippen LogP contribution is 2.20. The Morgan fingerprint density at radius 3 is 2.67 bits per heavy atom. The zero-order valence-electron chi connectivity index (χ0n) is 11.1. The minimum atomic E-state index is 0.134. The van der Waals surface area contributed by atoms with Gasteiger partial charge < -0.3 is 4.57 Å². The van der Waals surface area contributed by atoms with E-state index >= 15 is 0 Å². The Bertz CT molecular complexity index is 810. The molecule has 0 fully saturated rings. The lowest BCUT2D eigenvalue weighted by atomic mass is 10.2. The van der Waals surface area contributed by atoms with Gasteiger partial charge in [-0.05, 0) is 24.3 Å². The molecule has 0 N–H and O–H groups in total. The predicted octanol–water partition coefficient (Wildman–Crippen LogP) is 1.65. The van der Waals surface area contributed by atoms with Gasteiger partial charge in [-0.1, -0.05) is 11.6 Å². The largest absolute Gasteiger partial charge is 0.313 e. The van der Waals surface area contributed by atoms with Crippen LogP contribution in [0.2, 0.25) is 5.02 Å². The molecule has 0 amide bonds. The van der Waals surface area contributed by atoms with Crippen molar-refractivity contribution in [2.45, 2.75) is 6.54 Å². The van der Waals surface area contributed by atoms with Crippen LogP contribution in [0.1, 0.15) is 11.6 Å². The molecule has 0 bridgehead atoms. The number of aromatic nitrogens is 6. The molecule has 0 saturated carbocycles. The second-order valence-electron chi connectivity index (χ2n) is 4.38. The van der Waals surface area contributed by atoms with Crippen LogP contribution in [0.3, 0.4) is 0 Å². The molecule has 0 aliphatic carbocycles. The number of nitrogens with zero attached hydrogens (tertiary/aromatic N) is 7. The number of hydrogen-bond acceptors (Lipinski definition) is 5. The smallest absolute Gasteiger partial charge is 0.252 e. The Balaban J connectivity index is 1.88. The van der Waals surface area contributed by atoms with E-state index < -0.39 is 0 Å². The minimum Gasteiger partial charge on any atom is -0.313 e. The standard InChI is InChI=1S/C13H10ClN7/c1-20-12(7-21-8-16-11(6-15)19-21)17-18-13(20)9-2-4-10(14)5-3-9/h2-5,8H,7H2,1H3. The molecular formula is C13H10ClN7. The SMILES string of the molecule is Cn1c(Cn2cnc(C#N)n2)nnc1-c1ccc(Cl)cc1. The predicted molar refractivity (Wildman–Crippen MR) is 75.3 cm³/mol. The third-order valence-corrected chi connectivity index (χ3v) is 3.26. The summed E-state index contributed by atoms with van der Waals surface area (Å²) in [6.45, 7) is 0.395. The van der Waals surface area contributed by atoms with Crippen LogP contribution in [-0.2, 0) is 13.6 Å². The Morgan fingerprint density at radius 2 is 2.00 bits per heavy atom. The molecule has 2 aromatic heterocycles. The zero-order valence-corrected chi connectivity index (χ0v) is 11.9. The summed E-state index contributed by atoms with van der Waals surface area (Å²) in [5.74, 6) is 1.59. The van der Waals surface area contributed by atoms with Crippen LogP contribution in [-0.4, -0.2) is 29.5 Å². The molecule has 3 aromatic rings. The maximum Gasteiger partial charge on any atom is 0.252 e. The molecule has 8 heteroatoms. The van der Waals surface area contributed by atoms with Gasteiger partial charge >= 0.3 is 0 Å². The van der Waals surface area contributed by atoms with Gasteiger partial charge in [0.05, 0.1) is 0 Å². The molecule has 0 spiro atoms. The van der Waals surface area contributed by atoms with Gasteiger partial charge in [-0.2, -0.15) is 5.26 Å². The van der Waals surface area contributed by atoms with Gasteiger partial charge in [0.1, 0.15) is 18.9 Å². The maximum atomic E-state index is 8.71. The first-order valence-corrected chi connectivity index (χ1v) is 6.49. The van der Waals surface area contributed by atoms with E-state index in [2.05, 4.69) is 20.3 Å². The van der Waals surface area contributed by atoms with Gasteiger partial charge in [0, 0.05) is 17.6 Å². The molecule has 0 atom stereocenters. The highest BCUT2D eigenvalue weighted by molar-refractivity contribution is 6.30. The fourth-order valence-electron chi connectivity index (χ4n) is 1.92. The summed E-state index contributed by atoms with van der Waals surface area (Å²) < 4.78 is 3.42. The second kappa shape index (κ2) is 5.34. The fourth-order valence-corrected chi connectivity index (χ4v) is 2.04. The van der Waals surface area contributed by atoms with Crippen molar-refractivity contribution < 1.29 is 0 Å². The van der Waals surface area contributed by atoms with E-state index in [9.17, 15) is 0 Å². The number of halogens is 1. The monoisotopic (exact) mass is 299 g/mol. The van der Waals surface area contributed by atoms with Gasteiger partial charge in [-0.25, -0.2) is 9.67 Å². The average molecular weight is 300 g/mol. The number of benzene rings is 1. The second-order valence-corrected chi connectivity index (χ2v) is 4.82. The van der Waals surface area contributed by atoms with Crippen molar-refractivity contribution in [1.82, 2.24) is 29.5 Å². The van der Waals surface area contributed by atoms with E-state index in [1.807, 2.05) is 41.9 Å². The van der Waals surface area contributed by atoms with Crippen LogP contribution in [0.5, 0.6) is 0 Å². The molecule has 0 aliphatic rings. The van der Waals surface area contributed by atoms with E-state index in [0.29, 0.717) is 17.4 Å². The lowest BCUT2D eigenvalue weighted by molar-refractivity contribution is 0.628. The van der Waals surface area contributed by atoms with Crippen LogP contribution < -0.4 is 0 Å². The van der Waals surface area contributed by atoms with Crippen molar-refractivity contribution in [3.05, 3.63) is 47.3 Å². The van der Waals surface area contributed by atoms with Gasteiger partial charge in [0.25, 0.3) is 5.82 Å². The van der Waals surface area contributed by atoms with Crippen molar-refractivity contribution in [3.63, 3.8) is 0 Å². The zero-order chi connectivity index (χ0) is 14.8. The maximum absolute atomic E-state index is 8.71. The normalized spacial score (nSPS) is 10.5. The molecule has 0 radical (unpaired) electrons. The van der Waals surface area contributed by atoms with Gasteiger partial charge in [-0.15, -0.1) is 15.3 Å². The van der Waals surface area contributed by atoms with Crippen molar-refractivity contribution in [3.8, 4) is 17.5 Å². The molecule has 1 aromatic carbocycles. The summed E-state index contributed by atoms with van der Waals surface area (Å²) in [5, 5.41) is 21.7. The van der Waals surface area contributed by atoms with Crippen molar-refractivity contribution in [2.75, 3.05) is 0 Å². The lowest BCUT2D eigenvalue weighted by Gasteiger charge is -2.04. The van der Waals surface area contributed by atoms with Gasteiger partial charge in [0.2, 0.25) is 0 Å². The molecule has 0 saturated heterocycles. The highest BCUT2D eigenvalue weighted by atomic mass is 35.5. The lowest BCUT2D eigenvalue weighted by Crippen LogP contribution is -2.07. The van der Waals surface area contributed by atoms with Gasteiger partial charge in [0.15, 0.2) is 11.6 Å². The first-order chi connectivity index (χ1) is 10.2. The van der Waals surface area contributed by atoms with E-state index in [1.165, 1.54) is 6.33 Å². The van der Waals surface area contributed by atoms with Crippen LogP contribution in [0.4, 0.5) is 0 Å². The number of hydrogen-bond donors (Lipinski definition) is 0. The summed E-state index contributed by atoms with van der Waals surface area (Å²) in [4.78, 5) is 3.85. The summed E-state index contributed by atoms with van der Waals surface area (Å²) in [6, 6.07) is 9.28. The molecule has 0 unspecified atom stereocenters. The summed E-state index contributed by atoms with van der Waals surface area (Å²) in [6.07, 6.45) is 1.50. The average Bonchev–Trinajstić information content (AvgIpc) is 3.08. The van der Waals surface area contributed by atoms with Crippen molar-refractivity contribution >= 4 is 11.6 Å². The third kappa shape index (κ3) is 2.61. The molecule has 104 valence electrons. The van der Waals surface area contributed by atoms with Crippen LogP contribution >= 0.6 is 11.6 Å². The van der Waals surface area contributed by atoms with E-state index in [-0.39, 0.29) is 5.82 Å². The summed E-state index contributed by atoms with van der Waals surface area (Å²) >= 11 is 5.88. The molecule has 2 heterocycles. The Labute approximate surface area is 125 Å². The molecule has 7 nitrogen and oxygen atoms in total. The van der Waals surface area contributed by atoms with E-state index in [1.54, 1.807) is 4.68 Å². The van der Waals surface area contributed by atoms with E-state index in [4.69, 9.17) is 16.9 Å². The highest BCUT2D eigenvalue weighted by Gasteiger charge is 2.12. The van der Waals surface area contributed by atoms with Crippen LogP contribution in [0.25, 0.3) is 11.4 Å².